The molecule has 0 saturated carbocycles. The van der Waals surface area contributed by atoms with Gasteiger partial charge in [0.05, 0.1) is 5.02 Å². The van der Waals surface area contributed by atoms with E-state index in [4.69, 9.17) is 16.3 Å². The Kier molecular flexibility index (Phi) is 9.04. The molecule has 0 radical (unpaired) electrons. The molecule has 3 heterocycles. The lowest BCUT2D eigenvalue weighted by atomic mass is 10.1. The number of ether oxygens (including phenoxy) is 1. The monoisotopic (exact) mass is 461 g/mol. The average Bonchev–Trinajstić information content (AvgIpc) is 3.14. The van der Waals surface area contributed by atoms with Crippen LogP contribution in [0.4, 0.5) is 0 Å². The van der Waals surface area contributed by atoms with Crippen molar-refractivity contribution in [3.8, 4) is 5.75 Å². The Bertz CT molecular complexity index is 809. The standard InChI is InChI=1S/C19H24ClN5O2.2ClH/c20-15-3-1-2-4-17(15)27-12-11-24-7-9-25(10-8-24)19(26)18-14-13-21-6-5-16(14)22-23-18;;/h1-4,21H,5-13H2,(H,22,23);2*1H. The number of aromatic amines is 1. The van der Waals surface area contributed by atoms with Gasteiger partial charge in [0.15, 0.2) is 5.69 Å². The highest BCUT2D eigenvalue weighted by Crippen LogP contribution is 2.23. The van der Waals surface area contributed by atoms with Crippen molar-refractivity contribution in [3.05, 3.63) is 46.2 Å². The summed E-state index contributed by atoms with van der Waals surface area (Å²) in [5.74, 6) is 0.744. The molecule has 29 heavy (non-hydrogen) atoms. The Balaban J connectivity index is 0.00000150. The number of rotatable bonds is 5. The second-order valence-electron chi connectivity index (χ2n) is 6.87. The summed E-state index contributed by atoms with van der Waals surface area (Å²) in [4.78, 5) is 17.0. The quantitative estimate of drug-likeness (QED) is 0.714. The van der Waals surface area contributed by atoms with Crippen LogP contribution >= 0.6 is 36.4 Å². The van der Waals surface area contributed by atoms with Gasteiger partial charge >= 0.3 is 0 Å². The fourth-order valence-corrected chi connectivity index (χ4v) is 3.76. The number of nitrogens with zero attached hydrogens (tertiary/aromatic N) is 3. The third-order valence-corrected chi connectivity index (χ3v) is 5.48. The Morgan fingerprint density at radius 1 is 1.17 bits per heavy atom. The normalized spacial score (nSPS) is 16.4. The number of hydrogen-bond donors (Lipinski definition) is 2. The summed E-state index contributed by atoms with van der Waals surface area (Å²) in [6, 6.07) is 7.50. The topological polar surface area (TPSA) is 73.5 Å². The van der Waals surface area contributed by atoms with E-state index in [1.807, 2.05) is 29.2 Å². The molecule has 0 spiro atoms. The summed E-state index contributed by atoms with van der Waals surface area (Å²) < 4.78 is 5.76. The molecule has 7 nitrogen and oxygen atoms in total. The molecule has 0 aliphatic carbocycles. The molecule has 1 aromatic heterocycles. The highest BCUT2D eigenvalue weighted by molar-refractivity contribution is 6.32. The molecule has 10 heteroatoms. The minimum absolute atomic E-state index is 0. The molecule has 2 aromatic rings. The van der Waals surface area contributed by atoms with Crippen LogP contribution in [-0.4, -0.2) is 71.8 Å². The van der Waals surface area contributed by atoms with Crippen molar-refractivity contribution in [1.29, 1.82) is 0 Å². The molecule has 160 valence electrons. The first-order valence-corrected chi connectivity index (χ1v) is 9.76. The number of para-hydroxylation sites is 1. The first-order valence-electron chi connectivity index (χ1n) is 9.38. The molecule has 4 rings (SSSR count). The van der Waals surface area contributed by atoms with Gasteiger partial charge in [-0.25, -0.2) is 0 Å². The number of carbonyl (C=O) groups excluding carboxylic acids is 1. The molecule has 2 N–H and O–H groups in total. The average molecular weight is 463 g/mol. The summed E-state index contributed by atoms with van der Waals surface area (Å²) in [5, 5.41) is 11.2. The minimum atomic E-state index is 0. The maximum absolute atomic E-state index is 12.8. The van der Waals surface area contributed by atoms with Gasteiger partial charge in [-0.3, -0.25) is 14.8 Å². The lowest BCUT2D eigenvalue weighted by Gasteiger charge is -2.34. The molecular formula is C19H26Cl3N5O2. The van der Waals surface area contributed by atoms with E-state index in [2.05, 4.69) is 20.4 Å². The van der Waals surface area contributed by atoms with Crippen LogP contribution in [0.3, 0.4) is 0 Å². The summed E-state index contributed by atoms with van der Waals surface area (Å²) in [7, 11) is 0. The van der Waals surface area contributed by atoms with E-state index in [1.54, 1.807) is 0 Å². The van der Waals surface area contributed by atoms with E-state index in [0.717, 1.165) is 43.9 Å². The smallest absolute Gasteiger partial charge is 0.274 e. The molecule has 0 atom stereocenters. The Morgan fingerprint density at radius 2 is 1.93 bits per heavy atom. The van der Waals surface area contributed by atoms with E-state index in [0.29, 0.717) is 42.7 Å². The predicted octanol–water partition coefficient (Wildman–Crippen LogP) is 2.39. The number of fused-ring (bicyclic) bond motifs is 1. The van der Waals surface area contributed by atoms with Gasteiger partial charge in [-0.1, -0.05) is 23.7 Å². The zero-order valence-corrected chi connectivity index (χ0v) is 18.4. The second-order valence-corrected chi connectivity index (χ2v) is 7.28. The van der Waals surface area contributed by atoms with Crippen molar-refractivity contribution in [2.75, 3.05) is 45.9 Å². The largest absolute Gasteiger partial charge is 0.491 e. The van der Waals surface area contributed by atoms with Crippen LogP contribution < -0.4 is 10.1 Å². The van der Waals surface area contributed by atoms with E-state index in [-0.39, 0.29) is 30.7 Å². The summed E-state index contributed by atoms with van der Waals surface area (Å²) in [6.07, 6.45) is 0.898. The highest BCUT2D eigenvalue weighted by atomic mass is 35.5. The molecule has 2 aliphatic rings. The summed E-state index contributed by atoms with van der Waals surface area (Å²) >= 11 is 6.10. The molecule has 1 fully saturated rings. The van der Waals surface area contributed by atoms with Gasteiger partial charge in [0.2, 0.25) is 0 Å². The number of piperazine rings is 1. The van der Waals surface area contributed by atoms with Gasteiger partial charge in [0.1, 0.15) is 12.4 Å². The number of H-pyrrole nitrogens is 1. The Hall–Kier alpha value is -1.51. The van der Waals surface area contributed by atoms with Gasteiger partial charge in [-0.2, -0.15) is 5.10 Å². The van der Waals surface area contributed by atoms with Crippen molar-refractivity contribution < 1.29 is 9.53 Å². The SMILES string of the molecule is Cl.Cl.O=C(c1n[nH]c2c1CNCC2)N1CCN(CCOc2ccccc2Cl)CC1. The van der Waals surface area contributed by atoms with Crippen LogP contribution in [0.2, 0.25) is 5.02 Å². The molecule has 1 amide bonds. The molecular weight excluding hydrogens is 437 g/mol. The Morgan fingerprint density at radius 3 is 2.69 bits per heavy atom. The zero-order valence-electron chi connectivity index (χ0n) is 16.0. The van der Waals surface area contributed by atoms with Crippen LogP contribution in [0.15, 0.2) is 24.3 Å². The summed E-state index contributed by atoms with van der Waals surface area (Å²) in [5.41, 5.74) is 2.70. The van der Waals surface area contributed by atoms with Gasteiger partial charge < -0.3 is 15.0 Å². The predicted molar refractivity (Wildman–Crippen MR) is 118 cm³/mol. The van der Waals surface area contributed by atoms with Gasteiger partial charge in [0.25, 0.3) is 5.91 Å². The number of carbonyl (C=O) groups is 1. The number of halogens is 3. The van der Waals surface area contributed by atoms with Gasteiger partial charge in [-0.15, -0.1) is 24.8 Å². The summed E-state index contributed by atoms with van der Waals surface area (Å²) in [6.45, 7) is 6.13. The minimum Gasteiger partial charge on any atom is -0.491 e. The van der Waals surface area contributed by atoms with Crippen molar-refractivity contribution in [2.24, 2.45) is 0 Å². The van der Waals surface area contributed by atoms with E-state index in [1.165, 1.54) is 0 Å². The van der Waals surface area contributed by atoms with Crippen LogP contribution in [0.5, 0.6) is 5.75 Å². The van der Waals surface area contributed by atoms with E-state index < -0.39 is 0 Å². The maximum Gasteiger partial charge on any atom is 0.274 e. The number of amides is 1. The van der Waals surface area contributed by atoms with E-state index >= 15 is 0 Å². The maximum atomic E-state index is 12.8. The van der Waals surface area contributed by atoms with Crippen LogP contribution in [-0.2, 0) is 13.0 Å². The molecule has 1 saturated heterocycles. The fraction of sp³-hybridized carbons (Fsp3) is 0.474. The van der Waals surface area contributed by atoms with E-state index in [9.17, 15) is 4.79 Å². The second kappa shape index (κ2) is 11.0. The third kappa shape index (κ3) is 5.55. The molecule has 1 aromatic carbocycles. The first-order chi connectivity index (χ1) is 13.2. The number of nitrogens with one attached hydrogen (secondary N) is 2. The van der Waals surface area contributed by atoms with Crippen LogP contribution in [0.1, 0.15) is 21.7 Å². The first kappa shape index (κ1) is 23.8. The highest BCUT2D eigenvalue weighted by Gasteiger charge is 2.27. The van der Waals surface area contributed by atoms with Gasteiger partial charge in [0, 0.05) is 63.5 Å². The Labute approximate surface area is 187 Å². The van der Waals surface area contributed by atoms with Crippen molar-refractivity contribution >= 4 is 42.3 Å². The molecule has 0 bridgehead atoms. The van der Waals surface area contributed by atoms with Crippen molar-refractivity contribution in [2.45, 2.75) is 13.0 Å². The van der Waals surface area contributed by atoms with Crippen molar-refractivity contribution in [3.63, 3.8) is 0 Å². The van der Waals surface area contributed by atoms with Crippen LogP contribution in [0, 0.1) is 0 Å². The lowest BCUT2D eigenvalue weighted by molar-refractivity contribution is 0.0613. The van der Waals surface area contributed by atoms with Gasteiger partial charge in [-0.05, 0) is 12.1 Å². The molecule has 2 aliphatic heterocycles. The van der Waals surface area contributed by atoms with Crippen LogP contribution in [0.25, 0.3) is 0 Å². The third-order valence-electron chi connectivity index (χ3n) is 5.17. The lowest BCUT2D eigenvalue weighted by Crippen LogP contribution is -2.49. The zero-order chi connectivity index (χ0) is 18.6. The molecule has 0 unspecified atom stereocenters. The number of aromatic nitrogens is 2. The van der Waals surface area contributed by atoms with Crippen molar-refractivity contribution in [1.82, 2.24) is 25.3 Å². The number of hydrogen-bond acceptors (Lipinski definition) is 5. The fourth-order valence-electron chi connectivity index (χ4n) is 3.57. The number of benzene rings is 1.